The summed E-state index contributed by atoms with van der Waals surface area (Å²) >= 11 is 3.39. The topological polar surface area (TPSA) is 33.1 Å². The molecule has 0 aliphatic rings. The summed E-state index contributed by atoms with van der Waals surface area (Å²) in [6.45, 7) is 1.88. The quantitative estimate of drug-likeness (QED) is 0.921. The van der Waals surface area contributed by atoms with Crippen LogP contribution in [-0.4, -0.2) is 10.1 Å². The van der Waals surface area contributed by atoms with Crippen LogP contribution in [0.15, 0.2) is 41.1 Å². The number of pyridine rings is 1. The summed E-state index contributed by atoms with van der Waals surface area (Å²) in [5.74, 6) is -0.501. The monoisotopic (exact) mass is 295 g/mol. The molecule has 2 nitrogen and oxygen atoms in total. The summed E-state index contributed by atoms with van der Waals surface area (Å²) in [6, 6.07) is 6.97. The Morgan fingerprint density at radius 2 is 2.06 bits per heavy atom. The van der Waals surface area contributed by atoms with Crippen LogP contribution in [0.2, 0.25) is 0 Å². The highest BCUT2D eigenvalue weighted by Gasteiger charge is 2.17. The van der Waals surface area contributed by atoms with Crippen molar-refractivity contribution in [1.29, 1.82) is 0 Å². The molecule has 2 aromatic rings. The smallest absolute Gasteiger partial charge is 0.147 e. The first-order valence-corrected chi connectivity index (χ1v) is 5.93. The molecule has 1 atom stereocenters. The van der Waals surface area contributed by atoms with Crippen LogP contribution in [0.1, 0.15) is 22.8 Å². The van der Waals surface area contributed by atoms with Crippen LogP contribution in [0.4, 0.5) is 4.39 Å². The van der Waals surface area contributed by atoms with Gasteiger partial charge in [-0.3, -0.25) is 4.98 Å². The van der Waals surface area contributed by atoms with Gasteiger partial charge in [-0.25, -0.2) is 4.39 Å². The predicted molar refractivity (Wildman–Crippen MR) is 67.1 cm³/mol. The van der Waals surface area contributed by atoms with Gasteiger partial charge in [-0.15, -0.1) is 0 Å². The number of aliphatic hydroxyl groups is 1. The zero-order valence-corrected chi connectivity index (χ0v) is 10.8. The van der Waals surface area contributed by atoms with E-state index in [1.54, 1.807) is 6.07 Å². The molecule has 4 heteroatoms. The fraction of sp³-hybridized carbons (Fsp3) is 0.154. The molecule has 1 aromatic carbocycles. The molecular weight excluding hydrogens is 285 g/mol. The number of rotatable bonds is 2. The van der Waals surface area contributed by atoms with Gasteiger partial charge >= 0.3 is 0 Å². The fourth-order valence-corrected chi connectivity index (χ4v) is 2.08. The van der Waals surface area contributed by atoms with Gasteiger partial charge in [0.15, 0.2) is 0 Å². The molecule has 1 N–H and O–H groups in total. The highest BCUT2D eigenvalue weighted by Crippen LogP contribution is 2.29. The van der Waals surface area contributed by atoms with Crippen LogP contribution in [0.5, 0.6) is 0 Å². The Labute approximate surface area is 107 Å². The molecule has 0 aliphatic carbocycles. The molecule has 1 heterocycles. The molecule has 0 aliphatic heterocycles. The third-order valence-electron chi connectivity index (χ3n) is 2.70. The van der Waals surface area contributed by atoms with Gasteiger partial charge < -0.3 is 5.11 Å². The first kappa shape index (κ1) is 12.2. The first-order valence-electron chi connectivity index (χ1n) is 5.13. The number of benzene rings is 1. The van der Waals surface area contributed by atoms with Crippen molar-refractivity contribution in [2.75, 3.05) is 0 Å². The Bertz CT molecular complexity index is 545. The maximum absolute atomic E-state index is 13.5. The minimum Gasteiger partial charge on any atom is -0.384 e. The van der Waals surface area contributed by atoms with Crippen LogP contribution in [0.3, 0.4) is 0 Å². The summed E-state index contributed by atoms with van der Waals surface area (Å²) in [5.41, 5.74) is 1.82. The average Bonchev–Trinajstić information content (AvgIpc) is 2.32. The molecule has 17 heavy (non-hydrogen) atoms. The Kier molecular flexibility index (Phi) is 3.54. The van der Waals surface area contributed by atoms with Gasteiger partial charge in [0.05, 0.1) is 6.20 Å². The predicted octanol–water partition coefficient (Wildman–Crippen LogP) is 3.37. The Morgan fingerprint density at radius 1 is 1.29 bits per heavy atom. The van der Waals surface area contributed by atoms with Gasteiger partial charge in [0.25, 0.3) is 0 Å². The lowest BCUT2D eigenvalue weighted by molar-refractivity contribution is 0.214. The van der Waals surface area contributed by atoms with Crippen molar-refractivity contribution in [1.82, 2.24) is 4.98 Å². The Balaban J connectivity index is 2.48. The van der Waals surface area contributed by atoms with E-state index in [1.807, 2.05) is 19.1 Å². The number of aliphatic hydroxyl groups excluding tert-OH is 1. The lowest BCUT2D eigenvalue weighted by atomic mass is 9.98. The molecule has 0 saturated heterocycles. The van der Waals surface area contributed by atoms with Gasteiger partial charge in [-0.1, -0.05) is 28.1 Å². The lowest BCUT2D eigenvalue weighted by Gasteiger charge is -2.15. The van der Waals surface area contributed by atoms with E-state index in [1.165, 1.54) is 12.3 Å². The van der Waals surface area contributed by atoms with E-state index in [9.17, 15) is 9.50 Å². The fourth-order valence-electron chi connectivity index (χ4n) is 1.70. The zero-order valence-electron chi connectivity index (χ0n) is 9.19. The SMILES string of the molecule is Cc1c(Br)cccc1C(O)c1ccncc1F. The molecule has 0 fully saturated rings. The number of aromatic nitrogens is 1. The highest BCUT2D eigenvalue weighted by atomic mass is 79.9. The van der Waals surface area contributed by atoms with Gasteiger partial charge in [-0.05, 0) is 30.2 Å². The second kappa shape index (κ2) is 4.94. The van der Waals surface area contributed by atoms with Crippen molar-refractivity contribution in [2.45, 2.75) is 13.0 Å². The number of hydrogen-bond donors (Lipinski definition) is 1. The van der Waals surface area contributed by atoms with E-state index in [0.717, 1.165) is 16.2 Å². The van der Waals surface area contributed by atoms with Crippen molar-refractivity contribution in [3.8, 4) is 0 Å². The van der Waals surface area contributed by atoms with E-state index < -0.39 is 11.9 Å². The second-order valence-electron chi connectivity index (χ2n) is 3.75. The molecule has 0 saturated carbocycles. The summed E-state index contributed by atoms with van der Waals surface area (Å²) in [7, 11) is 0. The van der Waals surface area contributed by atoms with Crippen molar-refractivity contribution >= 4 is 15.9 Å². The van der Waals surface area contributed by atoms with Gasteiger partial charge in [-0.2, -0.15) is 0 Å². The van der Waals surface area contributed by atoms with E-state index in [2.05, 4.69) is 20.9 Å². The normalized spacial score (nSPS) is 12.5. The number of hydrogen-bond acceptors (Lipinski definition) is 2. The van der Waals surface area contributed by atoms with E-state index >= 15 is 0 Å². The molecule has 1 aromatic heterocycles. The van der Waals surface area contributed by atoms with Crippen LogP contribution in [0, 0.1) is 12.7 Å². The van der Waals surface area contributed by atoms with Gasteiger partial charge in [0, 0.05) is 16.2 Å². The molecule has 0 radical (unpaired) electrons. The highest BCUT2D eigenvalue weighted by molar-refractivity contribution is 9.10. The maximum atomic E-state index is 13.5. The van der Waals surface area contributed by atoms with Crippen LogP contribution in [0.25, 0.3) is 0 Å². The molecule has 88 valence electrons. The van der Waals surface area contributed by atoms with Crippen molar-refractivity contribution in [2.24, 2.45) is 0 Å². The third kappa shape index (κ3) is 2.37. The standard InChI is InChI=1S/C13H11BrFNO/c1-8-9(3-2-4-11(8)14)13(17)10-5-6-16-7-12(10)15/h2-7,13,17H,1H3. The average molecular weight is 296 g/mol. The molecule has 0 spiro atoms. The van der Waals surface area contributed by atoms with Crippen molar-refractivity contribution in [3.05, 3.63) is 63.6 Å². The van der Waals surface area contributed by atoms with Crippen LogP contribution >= 0.6 is 15.9 Å². The molecule has 2 rings (SSSR count). The molecule has 1 unspecified atom stereocenters. The van der Waals surface area contributed by atoms with Crippen LogP contribution < -0.4 is 0 Å². The summed E-state index contributed by atoms with van der Waals surface area (Å²) in [6.07, 6.45) is 1.59. The molecule has 0 amide bonds. The molecular formula is C13H11BrFNO. The largest absolute Gasteiger partial charge is 0.384 e. The zero-order chi connectivity index (χ0) is 12.4. The minimum absolute atomic E-state index is 0.237. The van der Waals surface area contributed by atoms with E-state index in [0.29, 0.717) is 5.56 Å². The maximum Gasteiger partial charge on any atom is 0.147 e. The van der Waals surface area contributed by atoms with Gasteiger partial charge in [0.1, 0.15) is 11.9 Å². The summed E-state index contributed by atoms with van der Waals surface area (Å²) < 4.78 is 14.4. The van der Waals surface area contributed by atoms with Crippen molar-refractivity contribution in [3.63, 3.8) is 0 Å². The summed E-state index contributed by atoms with van der Waals surface area (Å²) in [5, 5.41) is 10.2. The minimum atomic E-state index is -0.976. The van der Waals surface area contributed by atoms with Crippen molar-refractivity contribution < 1.29 is 9.50 Å². The van der Waals surface area contributed by atoms with E-state index in [-0.39, 0.29) is 5.56 Å². The Morgan fingerprint density at radius 3 is 2.76 bits per heavy atom. The third-order valence-corrected chi connectivity index (χ3v) is 3.56. The lowest BCUT2D eigenvalue weighted by Crippen LogP contribution is -2.05. The second-order valence-corrected chi connectivity index (χ2v) is 4.61. The first-order chi connectivity index (χ1) is 8.11. The number of nitrogens with zero attached hydrogens (tertiary/aromatic N) is 1. The van der Waals surface area contributed by atoms with E-state index in [4.69, 9.17) is 0 Å². The Hall–Kier alpha value is -1.26. The van der Waals surface area contributed by atoms with Crippen LogP contribution in [-0.2, 0) is 0 Å². The van der Waals surface area contributed by atoms with Gasteiger partial charge in [0.2, 0.25) is 0 Å². The number of halogens is 2. The summed E-state index contributed by atoms with van der Waals surface area (Å²) in [4.78, 5) is 3.67. The molecule has 0 bridgehead atoms.